The Bertz CT molecular complexity index is 993. The summed E-state index contributed by atoms with van der Waals surface area (Å²) in [5.74, 6) is 1.45. The molecule has 27 heavy (non-hydrogen) atoms. The molecular weight excluding hydrogens is 498 g/mol. The molecule has 2 aromatic rings. The van der Waals surface area contributed by atoms with E-state index in [4.69, 9.17) is 9.47 Å². The number of hydrogen-bond acceptors (Lipinski definition) is 4. The summed E-state index contributed by atoms with van der Waals surface area (Å²) >= 11 is 6.75. The second-order valence-corrected chi connectivity index (χ2v) is 10.3. The van der Waals surface area contributed by atoms with Crippen LogP contribution in [-0.4, -0.2) is 32.5 Å². The van der Waals surface area contributed by atoms with Gasteiger partial charge in [0.2, 0.25) is 10.0 Å². The molecule has 0 N–H and O–H groups in total. The SMILES string of the molecule is C[C@@H]1c2cc3c(cc2CCN1S(=O)(=O)c1cc(Br)ccc1Br)OCCCO3. The number of sulfonamides is 1. The van der Waals surface area contributed by atoms with Gasteiger partial charge < -0.3 is 9.47 Å². The van der Waals surface area contributed by atoms with Crippen molar-refractivity contribution in [1.29, 1.82) is 0 Å². The lowest BCUT2D eigenvalue weighted by atomic mass is 9.94. The highest BCUT2D eigenvalue weighted by atomic mass is 79.9. The Labute approximate surface area is 176 Å². The maximum Gasteiger partial charge on any atom is 0.244 e. The minimum absolute atomic E-state index is 0.265. The predicted octanol–water partition coefficient (Wildman–Crippen LogP) is 4.68. The summed E-state index contributed by atoms with van der Waals surface area (Å²) in [6.07, 6.45) is 1.48. The Hall–Kier alpha value is -1.09. The number of hydrogen-bond donors (Lipinski definition) is 0. The maximum atomic E-state index is 13.3. The van der Waals surface area contributed by atoms with Crippen LogP contribution in [0.2, 0.25) is 0 Å². The van der Waals surface area contributed by atoms with Gasteiger partial charge in [0.25, 0.3) is 0 Å². The van der Waals surface area contributed by atoms with Gasteiger partial charge in [-0.3, -0.25) is 0 Å². The highest BCUT2D eigenvalue weighted by Gasteiger charge is 2.36. The highest BCUT2D eigenvalue weighted by Crippen LogP contribution is 2.41. The number of fused-ring (bicyclic) bond motifs is 2. The van der Waals surface area contributed by atoms with Crippen LogP contribution >= 0.6 is 31.9 Å². The molecule has 5 nitrogen and oxygen atoms in total. The van der Waals surface area contributed by atoms with Crippen LogP contribution in [0.1, 0.15) is 30.5 Å². The van der Waals surface area contributed by atoms with Crippen LogP contribution in [0.3, 0.4) is 0 Å². The van der Waals surface area contributed by atoms with E-state index in [2.05, 4.69) is 31.9 Å². The van der Waals surface area contributed by atoms with Crippen molar-refractivity contribution < 1.29 is 17.9 Å². The van der Waals surface area contributed by atoms with E-state index < -0.39 is 10.0 Å². The second-order valence-electron chi connectivity index (χ2n) is 6.66. The molecule has 0 saturated heterocycles. The Kier molecular flexibility index (Phi) is 5.26. The number of halogens is 2. The molecule has 0 saturated carbocycles. The molecule has 0 aromatic heterocycles. The van der Waals surface area contributed by atoms with E-state index in [-0.39, 0.29) is 10.9 Å². The van der Waals surface area contributed by atoms with Crippen molar-refractivity contribution in [3.05, 3.63) is 50.4 Å². The molecule has 2 heterocycles. The first-order valence-electron chi connectivity index (χ1n) is 8.77. The van der Waals surface area contributed by atoms with Crippen LogP contribution in [-0.2, 0) is 16.4 Å². The summed E-state index contributed by atoms with van der Waals surface area (Å²) < 4.78 is 41.1. The number of ether oxygens (including phenoxy) is 2. The summed E-state index contributed by atoms with van der Waals surface area (Å²) in [5, 5.41) is 0. The van der Waals surface area contributed by atoms with Gasteiger partial charge in [0.1, 0.15) is 0 Å². The summed E-state index contributed by atoms with van der Waals surface area (Å²) in [7, 11) is -3.65. The molecule has 2 aromatic carbocycles. The molecule has 0 amide bonds. The van der Waals surface area contributed by atoms with Crippen LogP contribution < -0.4 is 9.47 Å². The third-order valence-corrected chi connectivity index (χ3v) is 8.43. The Morgan fingerprint density at radius 1 is 1.07 bits per heavy atom. The Morgan fingerprint density at radius 3 is 2.52 bits per heavy atom. The molecule has 144 valence electrons. The topological polar surface area (TPSA) is 55.8 Å². The van der Waals surface area contributed by atoms with E-state index >= 15 is 0 Å². The standard InChI is InChI=1S/C19H19Br2NO4S/c1-12-15-11-18-17(25-7-2-8-26-18)9-13(15)5-6-22(12)27(23,24)19-10-14(20)3-4-16(19)21/h3-4,9-12H,2,5-8H2,1H3/t12-/m1/s1. The van der Waals surface area contributed by atoms with Gasteiger partial charge in [0.15, 0.2) is 11.5 Å². The van der Waals surface area contributed by atoms with Crippen molar-refractivity contribution in [1.82, 2.24) is 4.31 Å². The van der Waals surface area contributed by atoms with Crippen molar-refractivity contribution in [2.24, 2.45) is 0 Å². The van der Waals surface area contributed by atoms with Crippen molar-refractivity contribution in [2.45, 2.75) is 30.7 Å². The average Bonchev–Trinajstić information content (AvgIpc) is 2.87. The molecular formula is C19H19Br2NO4S. The van der Waals surface area contributed by atoms with Crippen molar-refractivity contribution >= 4 is 41.9 Å². The first-order chi connectivity index (χ1) is 12.9. The zero-order valence-electron chi connectivity index (χ0n) is 14.7. The molecule has 1 atom stereocenters. The zero-order chi connectivity index (χ0) is 19.2. The second kappa shape index (κ2) is 7.39. The van der Waals surface area contributed by atoms with E-state index in [0.717, 1.165) is 27.8 Å². The van der Waals surface area contributed by atoms with E-state index in [0.29, 0.717) is 36.4 Å². The van der Waals surface area contributed by atoms with Gasteiger partial charge in [-0.2, -0.15) is 4.31 Å². The molecule has 2 aliphatic heterocycles. The summed E-state index contributed by atoms with van der Waals surface area (Å²) in [6.45, 7) is 3.59. The number of rotatable bonds is 2. The van der Waals surface area contributed by atoms with E-state index in [9.17, 15) is 8.42 Å². The first-order valence-corrected chi connectivity index (χ1v) is 11.8. The largest absolute Gasteiger partial charge is 0.490 e. The van der Waals surface area contributed by atoms with Gasteiger partial charge >= 0.3 is 0 Å². The van der Waals surface area contributed by atoms with Gasteiger partial charge in [-0.05, 0) is 70.7 Å². The lowest BCUT2D eigenvalue weighted by Crippen LogP contribution is -2.39. The van der Waals surface area contributed by atoms with Crippen LogP contribution in [0.4, 0.5) is 0 Å². The van der Waals surface area contributed by atoms with Crippen molar-refractivity contribution in [3.8, 4) is 11.5 Å². The van der Waals surface area contributed by atoms with E-state index in [1.165, 1.54) is 0 Å². The molecule has 0 aliphatic carbocycles. The predicted molar refractivity (Wildman–Crippen MR) is 110 cm³/mol. The monoisotopic (exact) mass is 515 g/mol. The minimum atomic E-state index is -3.65. The summed E-state index contributed by atoms with van der Waals surface area (Å²) in [6, 6.07) is 8.84. The van der Waals surface area contributed by atoms with Crippen LogP contribution in [0.25, 0.3) is 0 Å². The van der Waals surface area contributed by atoms with Gasteiger partial charge in [0, 0.05) is 28.0 Å². The zero-order valence-corrected chi connectivity index (χ0v) is 18.7. The minimum Gasteiger partial charge on any atom is -0.490 e. The number of benzene rings is 2. The van der Waals surface area contributed by atoms with Crippen LogP contribution in [0.5, 0.6) is 11.5 Å². The first kappa shape index (κ1) is 19.2. The average molecular weight is 517 g/mol. The van der Waals surface area contributed by atoms with E-state index in [1.807, 2.05) is 25.1 Å². The molecule has 0 bridgehead atoms. The fraction of sp³-hybridized carbons (Fsp3) is 0.368. The fourth-order valence-electron chi connectivity index (χ4n) is 3.58. The quantitative estimate of drug-likeness (QED) is 0.581. The molecule has 4 rings (SSSR count). The smallest absolute Gasteiger partial charge is 0.244 e. The third-order valence-electron chi connectivity index (χ3n) is 4.97. The lowest BCUT2D eigenvalue weighted by molar-refractivity contribution is 0.296. The Morgan fingerprint density at radius 2 is 1.78 bits per heavy atom. The highest BCUT2D eigenvalue weighted by molar-refractivity contribution is 9.11. The molecule has 2 aliphatic rings. The van der Waals surface area contributed by atoms with Gasteiger partial charge in [-0.25, -0.2) is 8.42 Å². The molecule has 0 radical (unpaired) electrons. The van der Waals surface area contributed by atoms with E-state index in [1.54, 1.807) is 16.4 Å². The molecule has 0 spiro atoms. The van der Waals surface area contributed by atoms with Gasteiger partial charge in [0.05, 0.1) is 18.1 Å². The van der Waals surface area contributed by atoms with Crippen molar-refractivity contribution in [3.63, 3.8) is 0 Å². The van der Waals surface area contributed by atoms with Crippen LogP contribution in [0, 0.1) is 0 Å². The number of nitrogens with zero attached hydrogens (tertiary/aromatic N) is 1. The van der Waals surface area contributed by atoms with Crippen LogP contribution in [0.15, 0.2) is 44.2 Å². The third kappa shape index (κ3) is 3.52. The summed E-state index contributed by atoms with van der Waals surface area (Å²) in [4.78, 5) is 0.265. The summed E-state index contributed by atoms with van der Waals surface area (Å²) in [5.41, 5.74) is 2.09. The normalized spacial score (nSPS) is 20.0. The molecule has 0 unspecified atom stereocenters. The van der Waals surface area contributed by atoms with Gasteiger partial charge in [-0.1, -0.05) is 15.9 Å². The maximum absolute atomic E-state index is 13.3. The fourth-order valence-corrected chi connectivity index (χ4v) is 6.66. The molecule has 8 heteroatoms. The Balaban J connectivity index is 1.74. The molecule has 0 fully saturated rings. The van der Waals surface area contributed by atoms with Crippen molar-refractivity contribution in [2.75, 3.05) is 19.8 Å². The lowest BCUT2D eigenvalue weighted by Gasteiger charge is -2.35. The van der Waals surface area contributed by atoms with Gasteiger partial charge in [-0.15, -0.1) is 0 Å².